The average molecular weight is 340 g/mol. The van der Waals surface area contributed by atoms with Crippen molar-refractivity contribution in [3.05, 3.63) is 53.7 Å². The zero-order valence-corrected chi connectivity index (χ0v) is 15.3. The van der Waals surface area contributed by atoms with Gasteiger partial charge in [-0.1, -0.05) is 12.1 Å². The number of fused-ring (bicyclic) bond motifs is 1. The van der Waals surface area contributed by atoms with Gasteiger partial charge in [-0.15, -0.1) is 0 Å². The van der Waals surface area contributed by atoms with Gasteiger partial charge < -0.3 is 19.2 Å². The summed E-state index contributed by atoms with van der Waals surface area (Å²) in [6, 6.07) is 11.5. The molecule has 1 aromatic carbocycles. The number of aryl methyl sites for hydroxylation is 1. The first kappa shape index (κ1) is 17.2. The number of hydrogen-bond acceptors (Lipinski definition) is 4. The number of imidazole rings is 1. The SMILES string of the molecule is CN(C)Cc1ccc(C(=O)NC(C)(C)c2nc3ccccc3n2C)o1. The molecule has 0 spiro atoms. The third-order valence-electron chi connectivity index (χ3n) is 4.13. The molecule has 3 rings (SSSR count). The van der Waals surface area contributed by atoms with Gasteiger partial charge in [-0.25, -0.2) is 4.98 Å². The van der Waals surface area contributed by atoms with Crippen LogP contribution in [-0.4, -0.2) is 34.5 Å². The summed E-state index contributed by atoms with van der Waals surface area (Å²) in [6.07, 6.45) is 0. The molecule has 0 aliphatic rings. The molecule has 0 saturated heterocycles. The van der Waals surface area contributed by atoms with Gasteiger partial charge in [0.15, 0.2) is 5.76 Å². The van der Waals surface area contributed by atoms with Gasteiger partial charge >= 0.3 is 0 Å². The van der Waals surface area contributed by atoms with E-state index in [9.17, 15) is 4.79 Å². The van der Waals surface area contributed by atoms with Crippen LogP contribution in [0.5, 0.6) is 0 Å². The Kier molecular flexibility index (Phi) is 4.39. The molecular weight excluding hydrogens is 316 g/mol. The van der Waals surface area contributed by atoms with Crippen LogP contribution in [0.4, 0.5) is 0 Å². The molecule has 25 heavy (non-hydrogen) atoms. The van der Waals surface area contributed by atoms with Crippen LogP contribution >= 0.6 is 0 Å². The lowest BCUT2D eigenvalue weighted by Gasteiger charge is -2.25. The van der Waals surface area contributed by atoms with E-state index in [-0.39, 0.29) is 5.91 Å². The molecule has 1 N–H and O–H groups in total. The van der Waals surface area contributed by atoms with Crippen LogP contribution in [-0.2, 0) is 19.1 Å². The molecule has 2 aromatic heterocycles. The minimum atomic E-state index is -0.640. The van der Waals surface area contributed by atoms with Gasteiger partial charge in [0.1, 0.15) is 11.6 Å². The fourth-order valence-corrected chi connectivity index (χ4v) is 3.00. The van der Waals surface area contributed by atoms with E-state index in [0.717, 1.165) is 22.6 Å². The summed E-state index contributed by atoms with van der Waals surface area (Å²) in [5.74, 6) is 1.61. The van der Waals surface area contributed by atoms with Gasteiger partial charge in [0, 0.05) is 7.05 Å². The molecule has 0 bridgehead atoms. The van der Waals surface area contributed by atoms with Crippen LogP contribution < -0.4 is 5.32 Å². The minimum Gasteiger partial charge on any atom is -0.455 e. The normalized spacial score (nSPS) is 12.1. The van der Waals surface area contributed by atoms with E-state index < -0.39 is 5.54 Å². The Morgan fingerprint density at radius 3 is 2.64 bits per heavy atom. The third-order valence-corrected chi connectivity index (χ3v) is 4.13. The van der Waals surface area contributed by atoms with Crippen molar-refractivity contribution in [2.24, 2.45) is 7.05 Å². The monoisotopic (exact) mass is 340 g/mol. The molecule has 0 aliphatic carbocycles. The number of furan rings is 1. The Labute approximate surface area is 147 Å². The fraction of sp³-hybridized carbons (Fsp3) is 0.368. The number of para-hydroxylation sites is 2. The Bertz CT molecular complexity index is 905. The molecule has 1 amide bonds. The molecule has 6 nitrogen and oxygen atoms in total. The van der Waals surface area contributed by atoms with Gasteiger partial charge in [0.05, 0.1) is 23.1 Å². The third kappa shape index (κ3) is 3.44. The first-order valence-corrected chi connectivity index (χ1v) is 8.26. The van der Waals surface area contributed by atoms with Gasteiger partial charge in [0.2, 0.25) is 0 Å². The van der Waals surface area contributed by atoms with Crippen LogP contribution in [0.25, 0.3) is 11.0 Å². The highest BCUT2D eigenvalue weighted by Gasteiger charge is 2.29. The molecule has 2 heterocycles. The summed E-state index contributed by atoms with van der Waals surface area (Å²) in [4.78, 5) is 19.3. The number of nitrogens with zero attached hydrogens (tertiary/aromatic N) is 3. The number of amides is 1. The standard InChI is InChI=1S/C19H24N4O2/c1-19(2,18-20-14-8-6-7-9-15(14)23(18)5)21-17(24)16-11-10-13(25-16)12-22(3)4/h6-11H,12H2,1-5H3,(H,21,24). The number of carbonyl (C=O) groups is 1. The van der Waals surface area contributed by atoms with Crippen LogP contribution in [0.1, 0.15) is 36.0 Å². The highest BCUT2D eigenvalue weighted by Crippen LogP contribution is 2.24. The van der Waals surface area contributed by atoms with E-state index >= 15 is 0 Å². The summed E-state index contributed by atoms with van der Waals surface area (Å²) in [6.45, 7) is 4.53. The minimum absolute atomic E-state index is 0.248. The summed E-state index contributed by atoms with van der Waals surface area (Å²) < 4.78 is 7.66. The van der Waals surface area contributed by atoms with Crippen molar-refractivity contribution >= 4 is 16.9 Å². The summed E-state index contributed by atoms with van der Waals surface area (Å²) >= 11 is 0. The molecule has 0 atom stereocenters. The van der Waals surface area contributed by atoms with E-state index in [1.54, 1.807) is 6.07 Å². The second kappa shape index (κ2) is 6.37. The van der Waals surface area contributed by atoms with E-state index in [1.807, 2.05) is 74.8 Å². The van der Waals surface area contributed by atoms with Crippen LogP contribution in [0.3, 0.4) is 0 Å². The van der Waals surface area contributed by atoms with Crippen LogP contribution in [0, 0.1) is 0 Å². The smallest absolute Gasteiger partial charge is 0.287 e. The maximum absolute atomic E-state index is 12.6. The van der Waals surface area contributed by atoms with E-state index in [2.05, 4.69) is 10.3 Å². The predicted molar refractivity (Wildman–Crippen MR) is 97.3 cm³/mol. The Hall–Kier alpha value is -2.60. The van der Waals surface area contributed by atoms with Crippen molar-refractivity contribution in [3.63, 3.8) is 0 Å². The summed E-state index contributed by atoms with van der Waals surface area (Å²) in [5, 5.41) is 3.03. The summed E-state index contributed by atoms with van der Waals surface area (Å²) in [5.41, 5.74) is 1.30. The van der Waals surface area contributed by atoms with Crippen molar-refractivity contribution in [1.82, 2.24) is 19.8 Å². The molecule has 6 heteroatoms. The Morgan fingerprint density at radius 1 is 1.24 bits per heavy atom. The van der Waals surface area contributed by atoms with Crippen LogP contribution in [0.15, 0.2) is 40.8 Å². The molecule has 132 valence electrons. The maximum Gasteiger partial charge on any atom is 0.287 e. The van der Waals surface area contributed by atoms with Gasteiger partial charge in [-0.2, -0.15) is 0 Å². The fourth-order valence-electron chi connectivity index (χ4n) is 3.00. The van der Waals surface area contributed by atoms with Gasteiger partial charge in [0.25, 0.3) is 5.91 Å². The average Bonchev–Trinajstić information content (AvgIpc) is 3.12. The van der Waals surface area contributed by atoms with Crippen molar-refractivity contribution in [2.75, 3.05) is 14.1 Å². The highest BCUT2D eigenvalue weighted by molar-refractivity contribution is 5.92. The van der Waals surface area contributed by atoms with Crippen molar-refractivity contribution in [3.8, 4) is 0 Å². The molecule has 0 saturated carbocycles. The van der Waals surface area contributed by atoms with Crippen molar-refractivity contribution in [1.29, 1.82) is 0 Å². The predicted octanol–water partition coefficient (Wildman–Crippen LogP) is 2.89. The lowest BCUT2D eigenvalue weighted by Crippen LogP contribution is -2.42. The first-order chi connectivity index (χ1) is 11.8. The number of nitrogens with one attached hydrogen (secondary N) is 1. The topological polar surface area (TPSA) is 63.3 Å². The van der Waals surface area contributed by atoms with E-state index in [1.165, 1.54) is 0 Å². The maximum atomic E-state index is 12.6. The molecule has 0 aliphatic heterocycles. The number of aromatic nitrogens is 2. The Morgan fingerprint density at radius 2 is 1.96 bits per heavy atom. The van der Waals surface area contributed by atoms with Crippen molar-refractivity contribution in [2.45, 2.75) is 25.9 Å². The second-order valence-electron chi connectivity index (χ2n) is 7.07. The van der Waals surface area contributed by atoms with Gasteiger partial charge in [-0.3, -0.25) is 4.79 Å². The lowest BCUT2D eigenvalue weighted by atomic mass is 10.0. The Balaban J connectivity index is 1.83. The molecule has 0 unspecified atom stereocenters. The van der Waals surface area contributed by atoms with Crippen molar-refractivity contribution < 1.29 is 9.21 Å². The number of carbonyl (C=O) groups excluding carboxylic acids is 1. The van der Waals surface area contributed by atoms with Crippen LogP contribution in [0.2, 0.25) is 0 Å². The molecule has 0 radical (unpaired) electrons. The van der Waals surface area contributed by atoms with E-state index in [0.29, 0.717) is 12.3 Å². The molecule has 3 aromatic rings. The zero-order valence-electron chi connectivity index (χ0n) is 15.3. The number of hydrogen-bond donors (Lipinski definition) is 1. The second-order valence-corrected chi connectivity index (χ2v) is 7.07. The first-order valence-electron chi connectivity index (χ1n) is 8.26. The highest BCUT2D eigenvalue weighted by atomic mass is 16.4. The quantitative estimate of drug-likeness (QED) is 0.776. The molecule has 0 fully saturated rings. The van der Waals surface area contributed by atoms with E-state index in [4.69, 9.17) is 4.42 Å². The number of rotatable bonds is 5. The lowest BCUT2D eigenvalue weighted by molar-refractivity contribution is 0.0875. The zero-order chi connectivity index (χ0) is 18.2. The van der Waals surface area contributed by atoms with Gasteiger partial charge in [-0.05, 0) is 52.2 Å². The summed E-state index contributed by atoms with van der Waals surface area (Å²) in [7, 11) is 5.87. The largest absolute Gasteiger partial charge is 0.455 e. The number of benzene rings is 1. The molecular formula is C19H24N4O2.